The van der Waals surface area contributed by atoms with Crippen molar-refractivity contribution in [3.05, 3.63) is 53.2 Å². The first-order valence-electron chi connectivity index (χ1n) is 9.32. The highest BCUT2D eigenvalue weighted by Crippen LogP contribution is 2.22. The van der Waals surface area contributed by atoms with Crippen LogP contribution in [0.25, 0.3) is 10.7 Å². The number of thiophene rings is 1. The van der Waals surface area contributed by atoms with Crippen LogP contribution in [0.5, 0.6) is 5.75 Å². The lowest BCUT2D eigenvalue weighted by atomic mass is 10.1. The fraction of sp³-hybridized carbons (Fsp3) is 0.350. The normalized spacial score (nSPS) is 15.1. The van der Waals surface area contributed by atoms with Crippen LogP contribution in [0.1, 0.15) is 17.9 Å². The fourth-order valence-electron chi connectivity index (χ4n) is 3.29. The number of para-hydroxylation sites is 1. The fourth-order valence-corrected chi connectivity index (χ4v) is 3.94. The molecule has 1 amide bonds. The van der Waals surface area contributed by atoms with Crippen LogP contribution in [0.15, 0.2) is 46.3 Å². The van der Waals surface area contributed by atoms with Crippen LogP contribution in [-0.2, 0) is 17.8 Å². The van der Waals surface area contributed by atoms with Gasteiger partial charge in [0.15, 0.2) is 0 Å². The van der Waals surface area contributed by atoms with Crippen LogP contribution in [0.3, 0.4) is 0 Å². The summed E-state index contributed by atoms with van der Waals surface area (Å²) in [5.41, 5.74) is 0.812. The van der Waals surface area contributed by atoms with Gasteiger partial charge in [0.2, 0.25) is 17.6 Å². The summed E-state index contributed by atoms with van der Waals surface area (Å²) in [5, 5.41) is 15.8. The first kappa shape index (κ1) is 18.6. The van der Waals surface area contributed by atoms with E-state index in [2.05, 4.69) is 15.0 Å². The average Bonchev–Trinajstić information content (AvgIpc) is 3.39. The Kier molecular flexibility index (Phi) is 5.68. The van der Waals surface area contributed by atoms with Crippen molar-refractivity contribution in [1.82, 2.24) is 19.9 Å². The Hall–Kier alpha value is -2.71. The van der Waals surface area contributed by atoms with Crippen molar-refractivity contribution in [3.8, 4) is 16.5 Å². The maximum absolute atomic E-state index is 12.5. The number of aromatic nitrogens is 2. The Morgan fingerprint density at radius 3 is 2.71 bits per heavy atom. The maximum Gasteiger partial charge on any atom is 0.241 e. The lowest BCUT2D eigenvalue weighted by Gasteiger charge is -2.34. The number of phenolic OH excluding ortho intramolecular Hbond substituents is 1. The molecule has 28 heavy (non-hydrogen) atoms. The Balaban J connectivity index is 1.24. The molecule has 1 saturated heterocycles. The minimum atomic E-state index is 0.126. The van der Waals surface area contributed by atoms with Crippen molar-refractivity contribution in [2.45, 2.75) is 19.4 Å². The monoisotopic (exact) mass is 398 g/mol. The molecule has 0 unspecified atom stereocenters. The zero-order valence-corrected chi connectivity index (χ0v) is 16.3. The molecule has 0 aliphatic carbocycles. The first-order valence-corrected chi connectivity index (χ1v) is 10.2. The smallest absolute Gasteiger partial charge is 0.241 e. The highest BCUT2D eigenvalue weighted by molar-refractivity contribution is 7.13. The summed E-state index contributed by atoms with van der Waals surface area (Å²) in [6.45, 7) is 3.52. The van der Waals surface area contributed by atoms with E-state index >= 15 is 0 Å². The molecule has 8 heteroatoms. The van der Waals surface area contributed by atoms with E-state index in [9.17, 15) is 9.90 Å². The Bertz CT molecular complexity index is 917. The Morgan fingerprint density at radius 2 is 1.96 bits per heavy atom. The lowest BCUT2D eigenvalue weighted by molar-refractivity contribution is -0.133. The second kappa shape index (κ2) is 8.53. The second-order valence-electron chi connectivity index (χ2n) is 6.77. The number of aryl methyl sites for hydroxylation is 1. The molecule has 1 fully saturated rings. The van der Waals surface area contributed by atoms with Crippen LogP contribution in [0, 0.1) is 0 Å². The summed E-state index contributed by atoms with van der Waals surface area (Å²) in [6, 6.07) is 11.1. The number of rotatable bonds is 6. The molecule has 7 nitrogen and oxygen atoms in total. The summed E-state index contributed by atoms with van der Waals surface area (Å²) >= 11 is 1.58. The van der Waals surface area contributed by atoms with Gasteiger partial charge in [0.05, 0.1) is 11.4 Å². The molecule has 0 radical (unpaired) electrons. The van der Waals surface area contributed by atoms with E-state index in [1.807, 2.05) is 34.5 Å². The van der Waals surface area contributed by atoms with Crippen molar-refractivity contribution in [2.75, 3.05) is 26.2 Å². The number of carbonyl (C=O) groups is 1. The Labute approximate surface area is 167 Å². The van der Waals surface area contributed by atoms with Gasteiger partial charge >= 0.3 is 0 Å². The van der Waals surface area contributed by atoms with Crippen LogP contribution in [-0.4, -0.2) is 57.1 Å². The highest BCUT2D eigenvalue weighted by Gasteiger charge is 2.22. The molecule has 0 bridgehead atoms. The molecule has 3 heterocycles. The number of carbonyl (C=O) groups excluding carboxylic acids is 1. The second-order valence-corrected chi connectivity index (χ2v) is 7.72. The van der Waals surface area contributed by atoms with Gasteiger partial charge in [0.1, 0.15) is 5.75 Å². The minimum absolute atomic E-state index is 0.126. The van der Waals surface area contributed by atoms with E-state index in [-0.39, 0.29) is 11.7 Å². The topological polar surface area (TPSA) is 82.7 Å². The molecular weight excluding hydrogens is 376 g/mol. The average molecular weight is 398 g/mol. The summed E-state index contributed by atoms with van der Waals surface area (Å²) < 4.78 is 5.36. The van der Waals surface area contributed by atoms with E-state index in [1.54, 1.807) is 23.5 Å². The number of phenols is 1. The standard InChI is InChI=1S/C20H22N4O3S/c25-16-5-2-1-4-15(16)7-8-19(26)24-11-9-23(10-12-24)14-18-21-20(22-27-18)17-6-3-13-28-17/h1-6,13,25H,7-12,14H2. The molecule has 0 atom stereocenters. The molecule has 4 rings (SSSR count). The van der Waals surface area contributed by atoms with Gasteiger partial charge in [-0.05, 0) is 29.5 Å². The summed E-state index contributed by atoms with van der Waals surface area (Å²) in [4.78, 5) is 22.0. The number of nitrogens with zero attached hydrogens (tertiary/aromatic N) is 4. The Morgan fingerprint density at radius 1 is 1.14 bits per heavy atom. The number of benzene rings is 1. The van der Waals surface area contributed by atoms with Gasteiger partial charge in [-0.2, -0.15) is 4.98 Å². The van der Waals surface area contributed by atoms with Crippen LogP contribution >= 0.6 is 11.3 Å². The third-order valence-corrected chi connectivity index (χ3v) is 5.76. The zero-order valence-electron chi connectivity index (χ0n) is 15.5. The van der Waals surface area contributed by atoms with E-state index in [0.29, 0.717) is 44.2 Å². The molecule has 1 N–H and O–H groups in total. The van der Waals surface area contributed by atoms with Crippen LogP contribution < -0.4 is 0 Å². The van der Waals surface area contributed by atoms with Gasteiger partial charge in [-0.25, -0.2) is 0 Å². The summed E-state index contributed by atoms with van der Waals surface area (Å²) in [6.07, 6.45) is 0.963. The molecule has 0 spiro atoms. The van der Waals surface area contributed by atoms with E-state index in [0.717, 1.165) is 23.5 Å². The van der Waals surface area contributed by atoms with Gasteiger partial charge in [-0.1, -0.05) is 29.4 Å². The van der Waals surface area contributed by atoms with Crippen LogP contribution in [0.4, 0.5) is 0 Å². The van der Waals surface area contributed by atoms with Crippen molar-refractivity contribution < 1.29 is 14.4 Å². The van der Waals surface area contributed by atoms with Crippen molar-refractivity contribution >= 4 is 17.2 Å². The number of amides is 1. The van der Waals surface area contributed by atoms with Gasteiger partial charge < -0.3 is 14.5 Å². The van der Waals surface area contributed by atoms with Crippen LogP contribution in [0.2, 0.25) is 0 Å². The molecule has 2 aromatic heterocycles. The molecule has 1 aliphatic heterocycles. The van der Waals surface area contributed by atoms with Gasteiger partial charge in [0.25, 0.3) is 0 Å². The largest absolute Gasteiger partial charge is 0.508 e. The third-order valence-electron chi connectivity index (χ3n) is 4.89. The summed E-state index contributed by atoms with van der Waals surface area (Å²) in [7, 11) is 0. The predicted molar refractivity (Wildman–Crippen MR) is 106 cm³/mol. The van der Waals surface area contributed by atoms with Crippen molar-refractivity contribution in [3.63, 3.8) is 0 Å². The third kappa shape index (κ3) is 4.40. The number of piperazine rings is 1. The SMILES string of the molecule is O=C(CCc1ccccc1O)N1CCN(Cc2nc(-c3cccs3)no2)CC1. The van der Waals surface area contributed by atoms with Crippen molar-refractivity contribution in [2.24, 2.45) is 0 Å². The van der Waals surface area contributed by atoms with E-state index in [4.69, 9.17) is 4.52 Å². The quantitative estimate of drug-likeness (QED) is 0.688. The highest BCUT2D eigenvalue weighted by atomic mass is 32.1. The number of hydrogen-bond acceptors (Lipinski definition) is 7. The van der Waals surface area contributed by atoms with Gasteiger partial charge in [0, 0.05) is 32.6 Å². The first-order chi connectivity index (χ1) is 13.7. The predicted octanol–water partition coefficient (Wildman–Crippen LogP) is 2.78. The maximum atomic E-state index is 12.5. The lowest BCUT2D eigenvalue weighted by Crippen LogP contribution is -2.48. The van der Waals surface area contributed by atoms with Gasteiger partial charge in [-0.3, -0.25) is 9.69 Å². The molecule has 1 aromatic carbocycles. The molecule has 0 saturated carbocycles. The molecule has 146 valence electrons. The summed E-state index contributed by atoms with van der Waals surface area (Å²) in [5.74, 6) is 1.60. The number of aromatic hydroxyl groups is 1. The van der Waals surface area contributed by atoms with E-state index < -0.39 is 0 Å². The zero-order chi connectivity index (χ0) is 19.3. The minimum Gasteiger partial charge on any atom is -0.508 e. The molecule has 3 aromatic rings. The van der Waals surface area contributed by atoms with Gasteiger partial charge in [-0.15, -0.1) is 11.3 Å². The number of hydrogen-bond donors (Lipinski definition) is 1. The molecule has 1 aliphatic rings. The molecular formula is C20H22N4O3S. The van der Waals surface area contributed by atoms with E-state index in [1.165, 1.54) is 0 Å². The van der Waals surface area contributed by atoms with Crippen molar-refractivity contribution in [1.29, 1.82) is 0 Å².